The number of aromatic nitrogens is 3. The molecule has 0 aromatic carbocycles. The van der Waals surface area contributed by atoms with E-state index in [1.165, 1.54) is 12.3 Å². The van der Waals surface area contributed by atoms with Gasteiger partial charge in [-0.05, 0) is 26.0 Å². The monoisotopic (exact) mass is 270 g/mol. The van der Waals surface area contributed by atoms with Crippen LogP contribution in [0.1, 0.15) is 22.6 Å². The lowest BCUT2D eigenvalue weighted by Gasteiger charge is -2.08. The van der Waals surface area contributed by atoms with E-state index in [0.29, 0.717) is 12.2 Å². The third-order valence-electron chi connectivity index (χ3n) is 2.80. The van der Waals surface area contributed by atoms with Crippen LogP contribution in [-0.2, 0) is 12.7 Å². The molecule has 0 saturated carbocycles. The van der Waals surface area contributed by atoms with E-state index in [0.717, 1.165) is 23.0 Å². The van der Waals surface area contributed by atoms with Gasteiger partial charge in [0.05, 0.1) is 17.6 Å². The number of alkyl halides is 3. The van der Waals surface area contributed by atoms with Gasteiger partial charge in [0, 0.05) is 17.8 Å². The van der Waals surface area contributed by atoms with Crippen molar-refractivity contribution >= 4 is 5.69 Å². The molecular weight excluding hydrogens is 257 g/mol. The Labute approximate surface area is 108 Å². The van der Waals surface area contributed by atoms with E-state index >= 15 is 0 Å². The Morgan fingerprint density at radius 1 is 1.26 bits per heavy atom. The van der Waals surface area contributed by atoms with Crippen molar-refractivity contribution in [3.8, 4) is 0 Å². The fraction of sp³-hybridized carbons (Fsp3) is 0.333. The Morgan fingerprint density at radius 3 is 2.47 bits per heavy atom. The molecule has 0 amide bonds. The number of nitrogens with zero attached hydrogens (tertiary/aromatic N) is 2. The van der Waals surface area contributed by atoms with Crippen molar-refractivity contribution in [2.24, 2.45) is 0 Å². The lowest BCUT2D eigenvalue weighted by molar-refractivity contribution is -0.141. The summed E-state index contributed by atoms with van der Waals surface area (Å²) in [4.78, 5) is 3.38. The molecule has 0 aliphatic rings. The smallest absolute Gasteiger partial charge is 0.380 e. The second kappa shape index (κ2) is 4.91. The van der Waals surface area contributed by atoms with Crippen molar-refractivity contribution < 1.29 is 13.2 Å². The maximum atomic E-state index is 12.3. The number of hydrogen-bond donors (Lipinski definition) is 2. The first-order valence-electron chi connectivity index (χ1n) is 5.65. The molecular formula is C12H13F3N4. The molecule has 0 atom stereocenters. The number of nitrogens with one attached hydrogen (secondary N) is 2. The van der Waals surface area contributed by atoms with Crippen LogP contribution in [-0.4, -0.2) is 15.2 Å². The minimum absolute atomic E-state index is 0.487. The number of H-pyrrole nitrogens is 1. The second-order valence-corrected chi connectivity index (χ2v) is 4.20. The van der Waals surface area contributed by atoms with Gasteiger partial charge < -0.3 is 5.32 Å². The molecule has 0 fully saturated rings. The molecule has 4 nitrogen and oxygen atoms in total. The fourth-order valence-electron chi connectivity index (χ4n) is 1.69. The fourth-order valence-corrected chi connectivity index (χ4v) is 1.69. The topological polar surface area (TPSA) is 53.6 Å². The molecule has 0 radical (unpaired) electrons. The molecule has 0 unspecified atom stereocenters. The van der Waals surface area contributed by atoms with Crippen molar-refractivity contribution in [1.29, 1.82) is 0 Å². The van der Waals surface area contributed by atoms with Gasteiger partial charge in [0.2, 0.25) is 0 Å². The molecule has 2 aromatic rings. The van der Waals surface area contributed by atoms with E-state index in [2.05, 4.69) is 20.5 Å². The first kappa shape index (κ1) is 13.4. The van der Waals surface area contributed by atoms with Crippen LogP contribution in [0.3, 0.4) is 0 Å². The number of anilines is 1. The Bertz CT molecular complexity index is 538. The summed E-state index contributed by atoms with van der Waals surface area (Å²) < 4.78 is 37.0. The van der Waals surface area contributed by atoms with Crippen LogP contribution in [0.5, 0.6) is 0 Å². The molecule has 0 saturated heterocycles. The second-order valence-electron chi connectivity index (χ2n) is 4.20. The average Bonchev–Trinajstić information content (AvgIpc) is 2.66. The van der Waals surface area contributed by atoms with Crippen LogP contribution in [0, 0.1) is 13.8 Å². The Morgan fingerprint density at radius 2 is 2.00 bits per heavy atom. The molecule has 2 rings (SSSR count). The molecule has 2 aromatic heterocycles. The van der Waals surface area contributed by atoms with E-state index in [9.17, 15) is 13.2 Å². The summed E-state index contributed by atoms with van der Waals surface area (Å²) in [5.41, 5.74) is 2.44. The van der Waals surface area contributed by atoms with Gasteiger partial charge in [0.15, 0.2) is 0 Å². The van der Waals surface area contributed by atoms with Gasteiger partial charge in [-0.3, -0.25) is 5.10 Å². The molecule has 2 N–H and O–H groups in total. The number of pyridine rings is 1. The lowest BCUT2D eigenvalue weighted by atomic mass is 10.2. The van der Waals surface area contributed by atoms with E-state index in [4.69, 9.17) is 0 Å². The predicted molar refractivity (Wildman–Crippen MR) is 64.6 cm³/mol. The number of rotatable bonds is 3. The molecule has 7 heteroatoms. The van der Waals surface area contributed by atoms with Gasteiger partial charge in [0.25, 0.3) is 0 Å². The zero-order valence-electron chi connectivity index (χ0n) is 10.5. The summed E-state index contributed by atoms with van der Waals surface area (Å²) in [6.07, 6.45) is -3.23. The highest BCUT2D eigenvalue weighted by Crippen LogP contribution is 2.27. The van der Waals surface area contributed by atoms with Crippen LogP contribution in [0.2, 0.25) is 0 Å². The van der Waals surface area contributed by atoms with Crippen LogP contribution < -0.4 is 5.32 Å². The SMILES string of the molecule is Cc1n[nH]c(C)c1CNc1ccc(C(F)(F)F)nc1. The van der Waals surface area contributed by atoms with Gasteiger partial charge >= 0.3 is 6.18 Å². The summed E-state index contributed by atoms with van der Waals surface area (Å²) in [5, 5.41) is 9.91. The molecule has 0 aliphatic heterocycles. The zero-order chi connectivity index (χ0) is 14.0. The summed E-state index contributed by atoms with van der Waals surface area (Å²) in [7, 11) is 0. The largest absolute Gasteiger partial charge is 0.433 e. The summed E-state index contributed by atoms with van der Waals surface area (Å²) >= 11 is 0. The van der Waals surface area contributed by atoms with Crippen molar-refractivity contribution in [2.45, 2.75) is 26.6 Å². The van der Waals surface area contributed by atoms with Crippen LogP contribution in [0.4, 0.5) is 18.9 Å². The van der Waals surface area contributed by atoms with E-state index in [1.807, 2.05) is 13.8 Å². The number of aromatic amines is 1. The van der Waals surface area contributed by atoms with Gasteiger partial charge in [-0.15, -0.1) is 0 Å². The maximum Gasteiger partial charge on any atom is 0.433 e. The van der Waals surface area contributed by atoms with Crippen molar-refractivity contribution in [3.05, 3.63) is 41.0 Å². The standard InChI is InChI=1S/C12H13F3N4/c1-7-10(8(2)19-18-7)6-16-9-3-4-11(17-5-9)12(13,14)15/h3-5,16H,6H2,1-2H3,(H,18,19). The lowest BCUT2D eigenvalue weighted by Crippen LogP contribution is -2.08. The third-order valence-corrected chi connectivity index (χ3v) is 2.80. The normalized spacial score (nSPS) is 11.6. The van der Waals surface area contributed by atoms with Crippen molar-refractivity contribution in [2.75, 3.05) is 5.32 Å². The van der Waals surface area contributed by atoms with Crippen molar-refractivity contribution in [1.82, 2.24) is 15.2 Å². The summed E-state index contributed by atoms with van der Waals surface area (Å²) in [5.74, 6) is 0. The van der Waals surface area contributed by atoms with Gasteiger partial charge in [-0.2, -0.15) is 18.3 Å². The molecule has 19 heavy (non-hydrogen) atoms. The Hall–Kier alpha value is -2.05. The molecule has 0 spiro atoms. The highest BCUT2D eigenvalue weighted by molar-refractivity contribution is 5.42. The van der Waals surface area contributed by atoms with Crippen LogP contribution in [0.25, 0.3) is 0 Å². The predicted octanol–water partition coefficient (Wildman–Crippen LogP) is 3.05. The maximum absolute atomic E-state index is 12.3. The van der Waals surface area contributed by atoms with Crippen LogP contribution in [0.15, 0.2) is 18.3 Å². The minimum atomic E-state index is -4.41. The third kappa shape index (κ3) is 3.04. The Balaban J connectivity index is 2.05. The number of hydrogen-bond acceptors (Lipinski definition) is 3. The molecule has 0 aliphatic carbocycles. The summed E-state index contributed by atoms with van der Waals surface area (Å²) in [6, 6.07) is 2.32. The van der Waals surface area contributed by atoms with E-state index in [-0.39, 0.29) is 0 Å². The van der Waals surface area contributed by atoms with Gasteiger partial charge in [0.1, 0.15) is 5.69 Å². The van der Waals surface area contributed by atoms with E-state index in [1.54, 1.807) is 0 Å². The van der Waals surface area contributed by atoms with Gasteiger partial charge in [-0.1, -0.05) is 0 Å². The average molecular weight is 270 g/mol. The molecule has 2 heterocycles. The van der Waals surface area contributed by atoms with E-state index < -0.39 is 11.9 Å². The van der Waals surface area contributed by atoms with Crippen molar-refractivity contribution in [3.63, 3.8) is 0 Å². The zero-order valence-corrected chi connectivity index (χ0v) is 10.5. The minimum Gasteiger partial charge on any atom is -0.380 e. The Kier molecular flexibility index (Phi) is 3.46. The van der Waals surface area contributed by atoms with Crippen LogP contribution >= 0.6 is 0 Å². The first-order chi connectivity index (χ1) is 8.88. The first-order valence-corrected chi connectivity index (χ1v) is 5.65. The molecule has 0 bridgehead atoms. The van der Waals surface area contributed by atoms with Gasteiger partial charge in [-0.25, -0.2) is 4.98 Å². The highest BCUT2D eigenvalue weighted by Gasteiger charge is 2.31. The summed E-state index contributed by atoms with van der Waals surface area (Å²) in [6.45, 7) is 4.24. The quantitative estimate of drug-likeness (QED) is 0.901. The highest BCUT2D eigenvalue weighted by atomic mass is 19.4. The number of aryl methyl sites for hydroxylation is 2. The molecule has 102 valence electrons. The number of halogens is 3.